The van der Waals surface area contributed by atoms with Crippen LogP contribution in [0.1, 0.15) is 29.9 Å². The molecule has 2 heterocycles. The van der Waals surface area contributed by atoms with Crippen LogP contribution in [-0.2, 0) is 11.2 Å². The molecule has 1 unspecified atom stereocenters. The Hall–Kier alpha value is -2.30. The van der Waals surface area contributed by atoms with Crippen molar-refractivity contribution in [1.29, 1.82) is 0 Å². The maximum Gasteiger partial charge on any atom is 0.230 e. The number of carbonyl (C=O) groups excluding carboxylic acids is 1. The number of hydrogen-bond donors (Lipinski definition) is 0. The van der Waals surface area contributed by atoms with Gasteiger partial charge in [0.1, 0.15) is 11.5 Å². The second-order valence-corrected chi connectivity index (χ2v) is 6.59. The minimum Gasteiger partial charge on any atom is -0.493 e. The lowest BCUT2D eigenvalue weighted by molar-refractivity contribution is -0.132. The van der Waals surface area contributed by atoms with Gasteiger partial charge in [0.25, 0.3) is 0 Å². The van der Waals surface area contributed by atoms with E-state index in [-0.39, 0.29) is 12.3 Å². The van der Waals surface area contributed by atoms with Crippen molar-refractivity contribution in [2.75, 3.05) is 19.7 Å². The SMILES string of the molecule is Cc1cccc(OCC2CCCN(C(=O)Cc3cc(C)no3)C2)c1. The van der Waals surface area contributed by atoms with E-state index in [4.69, 9.17) is 9.26 Å². The Labute approximate surface area is 142 Å². The Kier molecular flexibility index (Phi) is 5.18. The van der Waals surface area contributed by atoms with E-state index in [1.807, 2.05) is 36.1 Å². The predicted molar refractivity (Wildman–Crippen MR) is 90.9 cm³/mol. The summed E-state index contributed by atoms with van der Waals surface area (Å²) >= 11 is 0. The summed E-state index contributed by atoms with van der Waals surface area (Å²) in [4.78, 5) is 14.4. The van der Waals surface area contributed by atoms with Gasteiger partial charge in [-0.05, 0) is 44.4 Å². The Balaban J connectivity index is 1.51. The van der Waals surface area contributed by atoms with E-state index in [1.165, 1.54) is 5.56 Å². The topological polar surface area (TPSA) is 55.6 Å². The Morgan fingerprint density at radius 1 is 1.38 bits per heavy atom. The number of benzene rings is 1. The van der Waals surface area contributed by atoms with Gasteiger partial charge in [-0.2, -0.15) is 0 Å². The maximum absolute atomic E-state index is 12.4. The highest BCUT2D eigenvalue weighted by Crippen LogP contribution is 2.20. The molecule has 0 aliphatic carbocycles. The molecule has 1 atom stereocenters. The van der Waals surface area contributed by atoms with Crippen LogP contribution in [0.25, 0.3) is 0 Å². The first-order valence-corrected chi connectivity index (χ1v) is 8.49. The van der Waals surface area contributed by atoms with Crippen molar-refractivity contribution in [2.45, 2.75) is 33.1 Å². The smallest absolute Gasteiger partial charge is 0.230 e. The lowest BCUT2D eigenvalue weighted by Gasteiger charge is -2.32. The van der Waals surface area contributed by atoms with Crippen molar-refractivity contribution < 1.29 is 14.1 Å². The first-order valence-electron chi connectivity index (χ1n) is 8.49. The highest BCUT2D eigenvalue weighted by atomic mass is 16.5. The quantitative estimate of drug-likeness (QED) is 0.846. The molecule has 1 aliphatic rings. The third-order valence-electron chi connectivity index (χ3n) is 4.35. The second-order valence-electron chi connectivity index (χ2n) is 6.59. The van der Waals surface area contributed by atoms with Gasteiger partial charge in [0.2, 0.25) is 5.91 Å². The average molecular weight is 328 g/mol. The van der Waals surface area contributed by atoms with Crippen LogP contribution in [-0.4, -0.2) is 35.7 Å². The zero-order valence-corrected chi connectivity index (χ0v) is 14.3. The van der Waals surface area contributed by atoms with Crippen molar-refractivity contribution >= 4 is 5.91 Å². The molecule has 0 bridgehead atoms. The summed E-state index contributed by atoms with van der Waals surface area (Å²) < 4.78 is 11.1. The molecule has 0 N–H and O–H groups in total. The minimum atomic E-state index is 0.103. The van der Waals surface area contributed by atoms with Gasteiger partial charge in [-0.15, -0.1) is 0 Å². The van der Waals surface area contributed by atoms with Gasteiger partial charge in [0.15, 0.2) is 0 Å². The second kappa shape index (κ2) is 7.51. The number of ether oxygens (including phenoxy) is 1. The van der Waals surface area contributed by atoms with E-state index in [0.29, 0.717) is 18.3 Å². The van der Waals surface area contributed by atoms with Crippen LogP contribution in [0.3, 0.4) is 0 Å². The Morgan fingerprint density at radius 2 is 2.25 bits per heavy atom. The van der Waals surface area contributed by atoms with Crippen LogP contribution in [0, 0.1) is 19.8 Å². The predicted octanol–water partition coefficient (Wildman–Crippen LogP) is 3.15. The third-order valence-corrected chi connectivity index (χ3v) is 4.35. The number of aryl methyl sites for hydroxylation is 2. The number of rotatable bonds is 5. The summed E-state index contributed by atoms with van der Waals surface area (Å²) in [7, 11) is 0. The van der Waals surface area contributed by atoms with Crippen molar-refractivity contribution in [2.24, 2.45) is 5.92 Å². The molecule has 128 valence electrons. The van der Waals surface area contributed by atoms with Gasteiger partial charge in [-0.25, -0.2) is 0 Å². The summed E-state index contributed by atoms with van der Waals surface area (Å²) in [6, 6.07) is 9.89. The monoisotopic (exact) mass is 328 g/mol. The fraction of sp³-hybridized carbons (Fsp3) is 0.474. The lowest BCUT2D eigenvalue weighted by Crippen LogP contribution is -2.42. The van der Waals surface area contributed by atoms with E-state index in [1.54, 1.807) is 0 Å². The molecule has 0 radical (unpaired) electrons. The standard InChI is InChI=1S/C19H24N2O3/c1-14-5-3-7-17(9-14)23-13-16-6-4-8-21(12-16)19(22)11-18-10-15(2)20-24-18/h3,5,7,9-10,16H,4,6,8,11-13H2,1-2H3. The summed E-state index contributed by atoms with van der Waals surface area (Å²) in [5.74, 6) is 2.01. The molecule has 1 amide bonds. The molecular weight excluding hydrogens is 304 g/mol. The lowest BCUT2D eigenvalue weighted by atomic mass is 9.98. The van der Waals surface area contributed by atoms with Crippen molar-refractivity contribution in [1.82, 2.24) is 10.1 Å². The number of carbonyl (C=O) groups is 1. The van der Waals surface area contributed by atoms with E-state index >= 15 is 0 Å². The molecule has 24 heavy (non-hydrogen) atoms. The van der Waals surface area contributed by atoms with E-state index in [0.717, 1.165) is 37.4 Å². The molecule has 3 rings (SSSR count). The molecule has 1 aromatic carbocycles. The van der Waals surface area contributed by atoms with Gasteiger partial charge in [-0.3, -0.25) is 4.79 Å². The molecule has 5 heteroatoms. The molecule has 1 aliphatic heterocycles. The van der Waals surface area contributed by atoms with Gasteiger partial charge >= 0.3 is 0 Å². The van der Waals surface area contributed by atoms with Gasteiger partial charge < -0.3 is 14.2 Å². The summed E-state index contributed by atoms with van der Waals surface area (Å²) in [5, 5.41) is 3.83. The zero-order chi connectivity index (χ0) is 16.9. The maximum atomic E-state index is 12.4. The Morgan fingerprint density at radius 3 is 3.00 bits per heavy atom. The summed E-state index contributed by atoms with van der Waals surface area (Å²) in [6.45, 7) is 6.12. The molecule has 1 saturated heterocycles. The van der Waals surface area contributed by atoms with Crippen LogP contribution in [0.5, 0.6) is 5.75 Å². The highest BCUT2D eigenvalue weighted by Gasteiger charge is 2.25. The first-order chi connectivity index (χ1) is 11.6. The molecule has 1 fully saturated rings. The largest absolute Gasteiger partial charge is 0.493 e. The van der Waals surface area contributed by atoms with Gasteiger partial charge in [-0.1, -0.05) is 17.3 Å². The normalized spacial score (nSPS) is 17.8. The van der Waals surface area contributed by atoms with Gasteiger partial charge in [0.05, 0.1) is 18.7 Å². The van der Waals surface area contributed by atoms with Crippen molar-refractivity contribution in [3.8, 4) is 5.75 Å². The fourth-order valence-electron chi connectivity index (χ4n) is 3.11. The number of amides is 1. The fourth-order valence-corrected chi connectivity index (χ4v) is 3.11. The number of aromatic nitrogens is 1. The molecule has 0 spiro atoms. The highest BCUT2D eigenvalue weighted by molar-refractivity contribution is 5.78. The number of hydrogen-bond acceptors (Lipinski definition) is 4. The molecule has 5 nitrogen and oxygen atoms in total. The zero-order valence-electron chi connectivity index (χ0n) is 14.3. The van der Waals surface area contributed by atoms with Crippen LogP contribution in [0.2, 0.25) is 0 Å². The van der Waals surface area contributed by atoms with E-state index in [9.17, 15) is 4.79 Å². The molecular formula is C19H24N2O3. The summed E-state index contributed by atoms with van der Waals surface area (Å²) in [6.07, 6.45) is 2.40. The van der Waals surface area contributed by atoms with E-state index < -0.39 is 0 Å². The van der Waals surface area contributed by atoms with Crippen LogP contribution >= 0.6 is 0 Å². The number of piperidine rings is 1. The average Bonchev–Trinajstić information content (AvgIpc) is 2.98. The van der Waals surface area contributed by atoms with Crippen LogP contribution in [0.4, 0.5) is 0 Å². The first kappa shape index (κ1) is 16.6. The number of likely N-dealkylation sites (tertiary alicyclic amines) is 1. The van der Waals surface area contributed by atoms with E-state index in [2.05, 4.69) is 18.1 Å². The number of nitrogens with zero attached hydrogens (tertiary/aromatic N) is 2. The van der Waals surface area contributed by atoms with Crippen LogP contribution in [0.15, 0.2) is 34.9 Å². The summed E-state index contributed by atoms with van der Waals surface area (Å²) in [5.41, 5.74) is 2.00. The Bertz CT molecular complexity index is 695. The minimum absolute atomic E-state index is 0.103. The van der Waals surface area contributed by atoms with Crippen LogP contribution < -0.4 is 4.74 Å². The van der Waals surface area contributed by atoms with Crippen molar-refractivity contribution in [3.63, 3.8) is 0 Å². The van der Waals surface area contributed by atoms with Crippen molar-refractivity contribution in [3.05, 3.63) is 47.3 Å². The third kappa shape index (κ3) is 4.37. The molecule has 0 saturated carbocycles. The molecule has 1 aromatic heterocycles. The van der Waals surface area contributed by atoms with Gasteiger partial charge in [0, 0.05) is 25.1 Å². The molecule has 2 aromatic rings.